The van der Waals surface area contributed by atoms with Gasteiger partial charge in [-0.3, -0.25) is 0 Å². The third kappa shape index (κ3) is 1.30. The fourth-order valence-electron chi connectivity index (χ4n) is 0.797. The Morgan fingerprint density at radius 2 is 2.25 bits per heavy atom. The van der Waals surface area contributed by atoms with Gasteiger partial charge in [0.15, 0.2) is 0 Å². The summed E-state index contributed by atoms with van der Waals surface area (Å²) in [7, 11) is 1.35. The number of halogens is 1. The lowest BCUT2D eigenvalue weighted by molar-refractivity contribution is 0.402. The molecule has 1 rings (SSSR count). The molecule has 0 heterocycles. The van der Waals surface area contributed by atoms with Crippen LogP contribution in [0.3, 0.4) is 0 Å². The van der Waals surface area contributed by atoms with Crippen LogP contribution in [0.2, 0.25) is 0 Å². The van der Waals surface area contributed by atoms with E-state index in [0.29, 0.717) is 0 Å². The van der Waals surface area contributed by atoms with Gasteiger partial charge in [-0.15, -0.1) is 0 Å². The average molecular weight is 167 g/mol. The lowest BCUT2D eigenvalue weighted by Gasteiger charge is -2.02. The Kier molecular flexibility index (Phi) is 2.15. The van der Waals surface area contributed by atoms with Crippen molar-refractivity contribution in [1.29, 1.82) is 5.26 Å². The van der Waals surface area contributed by atoms with Crippen LogP contribution >= 0.6 is 0 Å². The number of hydrogen-bond donors (Lipinski definition) is 1. The highest BCUT2D eigenvalue weighted by molar-refractivity contribution is 5.47. The van der Waals surface area contributed by atoms with Crippen LogP contribution < -0.4 is 4.74 Å². The van der Waals surface area contributed by atoms with Gasteiger partial charge in [0.25, 0.3) is 0 Å². The number of aromatic hydroxyl groups is 1. The molecule has 1 N–H and O–H groups in total. The number of benzene rings is 1. The zero-order valence-electron chi connectivity index (χ0n) is 6.34. The van der Waals surface area contributed by atoms with Crippen molar-refractivity contribution in [2.24, 2.45) is 0 Å². The summed E-state index contributed by atoms with van der Waals surface area (Å²) in [6.45, 7) is 0. The molecule has 0 fully saturated rings. The van der Waals surface area contributed by atoms with E-state index in [-0.39, 0.29) is 11.3 Å². The molecule has 0 unspecified atom stereocenters. The minimum atomic E-state index is -0.783. The van der Waals surface area contributed by atoms with Crippen LogP contribution in [0.15, 0.2) is 12.1 Å². The Hall–Kier alpha value is -1.76. The monoisotopic (exact) mass is 167 g/mol. The number of hydrogen-bond acceptors (Lipinski definition) is 3. The zero-order valence-corrected chi connectivity index (χ0v) is 6.34. The predicted molar refractivity (Wildman–Crippen MR) is 39.3 cm³/mol. The SMILES string of the molecule is COc1cc(O)c(C#N)c(F)c1. The summed E-state index contributed by atoms with van der Waals surface area (Å²) in [6, 6.07) is 3.76. The molecule has 0 aliphatic rings. The fraction of sp³-hybridized carbons (Fsp3) is 0.125. The molecule has 0 aliphatic heterocycles. The predicted octanol–water partition coefficient (Wildman–Crippen LogP) is 1.41. The van der Waals surface area contributed by atoms with Gasteiger partial charge in [0.2, 0.25) is 0 Å². The van der Waals surface area contributed by atoms with E-state index in [1.54, 1.807) is 0 Å². The van der Waals surface area contributed by atoms with Gasteiger partial charge in [-0.25, -0.2) is 4.39 Å². The fourth-order valence-corrected chi connectivity index (χ4v) is 0.797. The molecule has 0 amide bonds. The second-order valence-corrected chi connectivity index (χ2v) is 2.12. The van der Waals surface area contributed by atoms with Crippen LogP contribution in [0.4, 0.5) is 4.39 Å². The highest BCUT2D eigenvalue weighted by atomic mass is 19.1. The number of phenolic OH excluding ortho intramolecular Hbond substituents is 1. The van der Waals surface area contributed by atoms with Gasteiger partial charge in [-0.1, -0.05) is 0 Å². The van der Waals surface area contributed by atoms with Gasteiger partial charge >= 0.3 is 0 Å². The zero-order chi connectivity index (χ0) is 9.14. The number of ether oxygens (including phenoxy) is 1. The summed E-state index contributed by atoms with van der Waals surface area (Å²) in [5, 5.41) is 17.4. The topological polar surface area (TPSA) is 53.2 Å². The quantitative estimate of drug-likeness (QED) is 0.688. The van der Waals surface area contributed by atoms with Crippen molar-refractivity contribution in [2.75, 3.05) is 7.11 Å². The van der Waals surface area contributed by atoms with Crippen molar-refractivity contribution >= 4 is 0 Å². The minimum absolute atomic E-state index is 0.184. The maximum atomic E-state index is 12.8. The largest absolute Gasteiger partial charge is 0.506 e. The van der Waals surface area contributed by atoms with Crippen LogP contribution in [0, 0.1) is 17.1 Å². The molecule has 0 atom stereocenters. The van der Waals surface area contributed by atoms with Crippen molar-refractivity contribution in [3.63, 3.8) is 0 Å². The number of nitrogens with zero attached hydrogens (tertiary/aromatic N) is 1. The Morgan fingerprint density at radius 1 is 1.58 bits per heavy atom. The maximum Gasteiger partial charge on any atom is 0.148 e. The third-order valence-electron chi connectivity index (χ3n) is 1.39. The van der Waals surface area contributed by atoms with E-state index in [1.807, 2.05) is 0 Å². The molecule has 1 aromatic rings. The molecule has 0 aliphatic carbocycles. The van der Waals surface area contributed by atoms with E-state index >= 15 is 0 Å². The molecule has 4 heteroatoms. The van der Waals surface area contributed by atoms with Gasteiger partial charge in [0.1, 0.15) is 28.9 Å². The van der Waals surface area contributed by atoms with Crippen molar-refractivity contribution in [2.45, 2.75) is 0 Å². The summed E-state index contributed by atoms with van der Waals surface area (Å²) in [5.41, 5.74) is -0.365. The van der Waals surface area contributed by atoms with Crippen molar-refractivity contribution < 1.29 is 14.2 Å². The number of rotatable bonds is 1. The van der Waals surface area contributed by atoms with Gasteiger partial charge in [0, 0.05) is 12.1 Å². The van der Waals surface area contributed by atoms with Crippen LogP contribution in [-0.4, -0.2) is 12.2 Å². The molecule has 0 spiro atoms. The molecule has 0 radical (unpaired) electrons. The molecular formula is C8H6FNO2. The van der Waals surface area contributed by atoms with Crippen LogP contribution in [-0.2, 0) is 0 Å². The smallest absolute Gasteiger partial charge is 0.148 e. The van der Waals surface area contributed by atoms with E-state index in [9.17, 15) is 4.39 Å². The average Bonchev–Trinajstić information content (AvgIpc) is 2.03. The van der Waals surface area contributed by atoms with Crippen molar-refractivity contribution in [3.8, 4) is 17.6 Å². The molecule has 0 aromatic heterocycles. The summed E-state index contributed by atoms with van der Waals surface area (Å²) in [4.78, 5) is 0. The van der Waals surface area contributed by atoms with Gasteiger partial charge < -0.3 is 9.84 Å². The summed E-state index contributed by atoms with van der Waals surface area (Å²) in [6.07, 6.45) is 0. The Balaban J connectivity index is 3.30. The maximum absolute atomic E-state index is 12.8. The van der Waals surface area contributed by atoms with E-state index in [1.165, 1.54) is 19.2 Å². The van der Waals surface area contributed by atoms with Gasteiger partial charge in [-0.05, 0) is 0 Å². The Morgan fingerprint density at radius 3 is 2.67 bits per heavy atom. The number of nitriles is 1. The highest BCUT2D eigenvalue weighted by Crippen LogP contribution is 2.25. The first kappa shape index (κ1) is 8.34. The molecule has 1 aromatic carbocycles. The Labute approximate surface area is 68.6 Å². The molecule has 62 valence electrons. The van der Waals surface area contributed by atoms with Crippen molar-refractivity contribution in [3.05, 3.63) is 23.5 Å². The van der Waals surface area contributed by atoms with Crippen LogP contribution in [0.1, 0.15) is 5.56 Å². The third-order valence-corrected chi connectivity index (χ3v) is 1.39. The molecule has 0 bridgehead atoms. The summed E-state index contributed by atoms with van der Waals surface area (Å²) in [5.74, 6) is -1.01. The molecule has 0 saturated carbocycles. The van der Waals surface area contributed by atoms with Crippen LogP contribution in [0.5, 0.6) is 11.5 Å². The molecule has 3 nitrogen and oxygen atoms in total. The van der Waals surface area contributed by atoms with Gasteiger partial charge in [0.05, 0.1) is 7.11 Å². The summed E-state index contributed by atoms with van der Waals surface area (Å²) >= 11 is 0. The lowest BCUT2D eigenvalue weighted by Crippen LogP contribution is -1.88. The minimum Gasteiger partial charge on any atom is -0.506 e. The molecule has 0 saturated heterocycles. The highest BCUT2D eigenvalue weighted by Gasteiger charge is 2.09. The first-order chi connectivity index (χ1) is 5.69. The van der Waals surface area contributed by atoms with Crippen molar-refractivity contribution in [1.82, 2.24) is 0 Å². The first-order valence-corrected chi connectivity index (χ1v) is 3.15. The Bertz CT molecular complexity index is 320. The first-order valence-electron chi connectivity index (χ1n) is 3.15. The standard InChI is InChI=1S/C8H6FNO2/c1-12-5-2-7(9)6(4-10)8(11)3-5/h2-3,11H,1H3. The second kappa shape index (κ2) is 3.09. The second-order valence-electron chi connectivity index (χ2n) is 2.12. The summed E-state index contributed by atoms with van der Waals surface area (Å²) < 4.78 is 17.5. The molecule has 12 heavy (non-hydrogen) atoms. The lowest BCUT2D eigenvalue weighted by atomic mass is 10.2. The van der Waals surface area contributed by atoms with E-state index in [2.05, 4.69) is 4.74 Å². The van der Waals surface area contributed by atoms with Gasteiger partial charge in [-0.2, -0.15) is 5.26 Å². The van der Waals surface area contributed by atoms with E-state index < -0.39 is 11.6 Å². The molecular weight excluding hydrogens is 161 g/mol. The normalized spacial score (nSPS) is 9.08. The number of methoxy groups -OCH3 is 1. The van der Waals surface area contributed by atoms with E-state index in [4.69, 9.17) is 10.4 Å². The van der Waals surface area contributed by atoms with E-state index in [0.717, 1.165) is 6.07 Å². The van der Waals surface area contributed by atoms with Crippen LogP contribution in [0.25, 0.3) is 0 Å². The number of phenols is 1.